The molecule has 46 heavy (non-hydrogen) atoms. The van der Waals surface area contributed by atoms with E-state index in [4.69, 9.17) is 20.9 Å². The van der Waals surface area contributed by atoms with Gasteiger partial charge in [0, 0.05) is 84.6 Å². The van der Waals surface area contributed by atoms with Crippen LogP contribution in [-0.2, 0) is 4.74 Å². The minimum absolute atomic E-state index is 0.327. The van der Waals surface area contributed by atoms with Crippen LogP contribution in [0.5, 0.6) is 5.75 Å². The summed E-state index contributed by atoms with van der Waals surface area (Å²) in [7, 11) is 1.38. The summed E-state index contributed by atoms with van der Waals surface area (Å²) in [5.41, 5.74) is 11.4. The molecule has 8 N–H and O–H groups in total. The fourth-order valence-electron chi connectivity index (χ4n) is 4.45. The molecule has 0 unspecified atom stereocenters. The molecule has 0 radical (unpaired) electrons. The highest BCUT2D eigenvalue weighted by atomic mass is 16.5. The Bertz CT molecular complexity index is 752. The number of methoxy groups -OCH3 is 1. The van der Waals surface area contributed by atoms with E-state index in [1.807, 2.05) is 26.0 Å². The van der Waals surface area contributed by atoms with Gasteiger partial charge in [-0.1, -0.05) is 40.5 Å². The first-order valence-corrected chi connectivity index (χ1v) is 17.9. The highest BCUT2D eigenvalue weighted by Gasteiger charge is 2.07. The van der Waals surface area contributed by atoms with Crippen LogP contribution in [0.15, 0.2) is 24.3 Å². The zero-order chi connectivity index (χ0) is 34.7. The highest BCUT2D eigenvalue weighted by Crippen LogP contribution is 2.13. The average Bonchev–Trinajstić information content (AvgIpc) is 3.08. The number of ether oxygens (including phenoxy) is 2. The molecule has 0 aliphatic carbocycles. The summed E-state index contributed by atoms with van der Waals surface area (Å²) < 4.78 is 10.5. The lowest BCUT2D eigenvalue weighted by Gasteiger charge is -2.25. The van der Waals surface area contributed by atoms with Gasteiger partial charge in [0.1, 0.15) is 5.75 Å². The summed E-state index contributed by atoms with van der Waals surface area (Å²) in [6.07, 6.45) is 4.59. The third kappa shape index (κ3) is 28.4. The lowest BCUT2D eigenvalue weighted by molar-refractivity contribution is 0.0600. The number of hydrogen-bond acceptors (Lipinski definition) is 11. The molecular weight excluding hydrogens is 580 g/mol. The number of carbonyl (C=O) groups is 1. The van der Waals surface area contributed by atoms with Crippen molar-refractivity contribution in [1.29, 1.82) is 0 Å². The van der Waals surface area contributed by atoms with Crippen LogP contribution in [0, 0.1) is 0 Å². The third-order valence-electron chi connectivity index (χ3n) is 7.22. The van der Waals surface area contributed by atoms with Crippen molar-refractivity contribution in [2.24, 2.45) is 11.5 Å². The number of nitrogens with two attached hydrogens (primary N) is 2. The van der Waals surface area contributed by atoms with E-state index in [2.05, 4.69) is 58.8 Å². The maximum Gasteiger partial charge on any atom is 0.337 e. The van der Waals surface area contributed by atoms with E-state index < -0.39 is 0 Å². The number of benzene rings is 1. The predicted molar refractivity (Wildman–Crippen MR) is 197 cm³/mol. The van der Waals surface area contributed by atoms with E-state index in [1.165, 1.54) is 20.0 Å². The molecule has 1 aromatic carbocycles. The molecule has 0 aliphatic rings. The number of rotatable bonds is 28. The SMILES string of the molecule is CC.CCN(CCNCCCCCCOc1ccc(C(=O)OC)cc1)CCNCCNCCN(CCN)C(C)C.CCNCCN. The standard InChI is InChI=1S/C29H56N6O3.C4H12N2.C2H6/c1-5-34(23-19-32-16-17-33-20-24-35(21-14-30)26(2)3)22-18-31-15-8-6-7-9-25-38-28-12-10-27(11-13-28)29(36)37-4;1-2-6-4-3-5;1-2/h10-13,26,31-33H,5-9,14-25,30H2,1-4H3;6H,2-5H2,1H3;1-2H3. The topological polar surface area (TPSA) is 142 Å². The van der Waals surface area contributed by atoms with Gasteiger partial charge in [0.05, 0.1) is 19.3 Å². The van der Waals surface area contributed by atoms with E-state index >= 15 is 0 Å². The number of hydrogen-bond donors (Lipinski definition) is 6. The van der Waals surface area contributed by atoms with Crippen LogP contribution in [-0.4, -0.2) is 134 Å². The van der Waals surface area contributed by atoms with Gasteiger partial charge >= 0.3 is 5.97 Å². The van der Waals surface area contributed by atoms with Crippen LogP contribution >= 0.6 is 0 Å². The zero-order valence-corrected chi connectivity index (χ0v) is 30.8. The zero-order valence-electron chi connectivity index (χ0n) is 30.8. The molecule has 0 fully saturated rings. The largest absolute Gasteiger partial charge is 0.494 e. The molecule has 0 saturated carbocycles. The van der Waals surface area contributed by atoms with E-state index in [-0.39, 0.29) is 5.97 Å². The van der Waals surface area contributed by atoms with Crippen LogP contribution in [0.1, 0.15) is 77.6 Å². The molecule has 0 atom stereocenters. The molecule has 0 heterocycles. The van der Waals surface area contributed by atoms with Crippen LogP contribution in [0.25, 0.3) is 0 Å². The van der Waals surface area contributed by atoms with Crippen molar-refractivity contribution < 1.29 is 14.3 Å². The third-order valence-corrected chi connectivity index (χ3v) is 7.22. The highest BCUT2D eigenvalue weighted by molar-refractivity contribution is 5.89. The van der Waals surface area contributed by atoms with Gasteiger partial charge in [-0.3, -0.25) is 4.90 Å². The number of carbonyl (C=O) groups excluding carboxylic acids is 1. The Labute approximate surface area is 283 Å². The van der Waals surface area contributed by atoms with Crippen LogP contribution in [0.4, 0.5) is 0 Å². The van der Waals surface area contributed by atoms with Crippen molar-refractivity contribution in [1.82, 2.24) is 31.1 Å². The molecule has 0 amide bonds. The monoisotopic (exact) mass is 655 g/mol. The summed E-state index contributed by atoms with van der Waals surface area (Å²) in [5, 5.41) is 13.7. The Morgan fingerprint density at radius 3 is 1.83 bits per heavy atom. The summed E-state index contributed by atoms with van der Waals surface area (Å²) in [6, 6.07) is 7.64. The van der Waals surface area contributed by atoms with Crippen molar-refractivity contribution in [3.8, 4) is 5.75 Å². The fraction of sp³-hybridized carbons (Fsp3) is 0.800. The van der Waals surface area contributed by atoms with Gasteiger partial charge in [-0.05, 0) is 70.6 Å². The molecule has 1 rings (SSSR count). The summed E-state index contributed by atoms with van der Waals surface area (Å²) in [6.45, 7) is 28.3. The first kappa shape index (κ1) is 46.3. The summed E-state index contributed by atoms with van der Waals surface area (Å²) in [5.74, 6) is 0.464. The number of unbranched alkanes of at least 4 members (excludes halogenated alkanes) is 3. The van der Waals surface area contributed by atoms with Gasteiger partial charge in [-0.2, -0.15) is 0 Å². The molecule has 11 nitrogen and oxygen atoms in total. The number of likely N-dealkylation sites (N-methyl/N-ethyl adjacent to an activating group) is 2. The van der Waals surface area contributed by atoms with Crippen molar-refractivity contribution in [3.63, 3.8) is 0 Å². The second-order valence-corrected chi connectivity index (χ2v) is 11.0. The Hall–Kier alpha value is -1.83. The quantitative estimate of drug-likeness (QED) is 0.0587. The minimum atomic E-state index is -0.327. The Morgan fingerprint density at radius 2 is 1.33 bits per heavy atom. The molecular formula is C35H74N8O3. The molecule has 0 saturated heterocycles. The van der Waals surface area contributed by atoms with E-state index in [0.29, 0.717) is 18.2 Å². The maximum absolute atomic E-state index is 11.5. The fourth-order valence-corrected chi connectivity index (χ4v) is 4.45. The molecule has 0 aromatic heterocycles. The van der Waals surface area contributed by atoms with Crippen LogP contribution < -0.4 is 37.5 Å². The summed E-state index contributed by atoms with van der Waals surface area (Å²) in [4.78, 5) is 16.4. The van der Waals surface area contributed by atoms with Gasteiger partial charge in [-0.25, -0.2) is 4.79 Å². The lowest BCUT2D eigenvalue weighted by Crippen LogP contribution is -2.41. The van der Waals surface area contributed by atoms with Gasteiger partial charge in [0.15, 0.2) is 0 Å². The first-order chi connectivity index (χ1) is 22.4. The van der Waals surface area contributed by atoms with Crippen LogP contribution in [0.3, 0.4) is 0 Å². The smallest absolute Gasteiger partial charge is 0.337 e. The van der Waals surface area contributed by atoms with Gasteiger partial charge in [0.25, 0.3) is 0 Å². The Morgan fingerprint density at radius 1 is 0.739 bits per heavy atom. The van der Waals surface area contributed by atoms with Crippen LogP contribution in [0.2, 0.25) is 0 Å². The second-order valence-electron chi connectivity index (χ2n) is 11.0. The molecule has 0 bridgehead atoms. The van der Waals surface area contributed by atoms with E-state index in [1.54, 1.807) is 12.1 Å². The second kappa shape index (κ2) is 36.0. The van der Waals surface area contributed by atoms with Gasteiger partial charge < -0.3 is 47.1 Å². The van der Waals surface area contributed by atoms with Crippen molar-refractivity contribution >= 4 is 5.97 Å². The number of nitrogens with one attached hydrogen (secondary N) is 4. The number of nitrogens with zero attached hydrogens (tertiary/aromatic N) is 2. The molecule has 11 heteroatoms. The van der Waals surface area contributed by atoms with E-state index in [0.717, 1.165) is 117 Å². The van der Waals surface area contributed by atoms with Crippen molar-refractivity contribution in [3.05, 3.63) is 29.8 Å². The lowest BCUT2D eigenvalue weighted by atomic mass is 10.2. The average molecular weight is 655 g/mol. The molecule has 0 aliphatic heterocycles. The minimum Gasteiger partial charge on any atom is -0.494 e. The normalized spacial score (nSPS) is 10.9. The van der Waals surface area contributed by atoms with E-state index in [9.17, 15) is 4.79 Å². The maximum atomic E-state index is 11.5. The van der Waals surface area contributed by atoms with Gasteiger partial charge in [-0.15, -0.1) is 0 Å². The molecule has 272 valence electrons. The van der Waals surface area contributed by atoms with Crippen molar-refractivity contribution in [2.45, 2.75) is 73.3 Å². The first-order valence-electron chi connectivity index (χ1n) is 17.9. The number of esters is 1. The molecule has 0 spiro atoms. The Balaban J connectivity index is 0. The van der Waals surface area contributed by atoms with Gasteiger partial charge in [0.2, 0.25) is 0 Å². The Kier molecular flexibility index (Phi) is 36.2. The predicted octanol–water partition coefficient (Wildman–Crippen LogP) is 2.75. The van der Waals surface area contributed by atoms with Crippen molar-refractivity contribution in [2.75, 3.05) is 112 Å². The molecule has 1 aromatic rings. The summed E-state index contributed by atoms with van der Waals surface area (Å²) >= 11 is 0.